The Labute approximate surface area is 289 Å². The molecular weight excluding hydrogens is 609 g/mol. The molecule has 3 heterocycles. The molecule has 1 aliphatic heterocycles. The van der Waals surface area contributed by atoms with Gasteiger partial charge in [-0.15, -0.1) is 0 Å². The lowest BCUT2D eigenvalue weighted by Gasteiger charge is -2.31. The summed E-state index contributed by atoms with van der Waals surface area (Å²) in [5.74, 6) is 0. The summed E-state index contributed by atoms with van der Waals surface area (Å²) in [6, 6.07) is 53.7. The molecule has 3 aliphatic rings. The van der Waals surface area contributed by atoms with Crippen LogP contribution >= 0.6 is 0 Å². The second kappa shape index (κ2) is 9.55. The van der Waals surface area contributed by atoms with E-state index in [1.165, 1.54) is 92.2 Å². The average molecular weight is 641 g/mol. The Morgan fingerprint density at radius 1 is 0.560 bits per heavy atom. The molecule has 0 saturated heterocycles. The summed E-state index contributed by atoms with van der Waals surface area (Å²) >= 11 is 0. The molecular formula is C47H32N2O. The maximum absolute atomic E-state index is 6.78. The fraction of sp³-hybridized carbons (Fsp3) is 0.106. The van der Waals surface area contributed by atoms with E-state index in [4.69, 9.17) is 4.42 Å². The number of benzene rings is 7. The normalized spacial score (nSPS) is 15.0. The van der Waals surface area contributed by atoms with Gasteiger partial charge in [-0.1, -0.05) is 116 Å². The molecule has 2 aromatic heterocycles. The predicted molar refractivity (Wildman–Crippen MR) is 206 cm³/mol. The summed E-state index contributed by atoms with van der Waals surface area (Å²) in [5, 5.41) is 4.82. The van der Waals surface area contributed by atoms with Gasteiger partial charge in [-0.3, -0.25) is 0 Å². The zero-order valence-electron chi connectivity index (χ0n) is 27.5. The molecule has 3 heteroatoms. The van der Waals surface area contributed by atoms with Crippen molar-refractivity contribution in [1.82, 2.24) is 4.57 Å². The molecule has 1 fully saturated rings. The molecule has 2 aliphatic carbocycles. The van der Waals surface area contributed by atoms with Crippen LogP contribution < -0.4 is 4.90 Å². The summed E-state index contributed by atoms with van der Waals surface area (Å²) in [4.78, 5) is 2.49. The fourth-order valence-corrected chi connectivity index (χ4v) is 10.1. The molecule has 1 saturated carbocycles. The van der Waals surface area contributed by atoms with Crippen molar-refractivity contribution in [3.05, 3.63) is 157 Å². The van der Waals surface area contributed by atoms with Crippen molar-refractivity contribution in [2.45, 2.75) is 31.1 Å². The first-order valence-corrected chi connectivity index (χ1v) is 17.9. The van der Waals surface area contributed by atoms with Crippen molar-refractivity contribution in [1.29, 1.82) is 0 Å². The van der Waals surface area contributed by atoms with E-state index in [0.717, 1.165) is 33.3 Å². The number of furan rings is 1. The van der Waals surface area contributed by atoms with Gasteiger partial charge < -0.3 is 13.9 Å². The van der Waals surface area contributed by atoms with Crippen molar-refractivity contribution in [3.8, 4) is 27.9 Å². The van der Waals surface area contributed by atoms with Gasteiger partial charge >= 0.3 is 0 Å². The number of nitrogens with zero attached hydrogens (tertiary/aromatic N) is 2. The first-order valence-electron chi connectivity index (χ1n) is 17.9. The van der Waals surface area contributed by atoms with Gasteiger partial charge in [-0.25, -0.2) is 0 Å². The van der Waals surface area contributed by atoms with Crippen LogP contribution in [0, 0.1) is 0 Å². The van der Waals surface area contributed by atoms with E-state index < -0.39 is 0 Å². The molecule has 0 N–H and O–H groups in total. The number of rotatable bonds is 3. The summed E-state index contributed by atoms with van der Waals surface area (Å²) in [5.41, 5.74) is 17.5. The minimum atomic E-state index is -0.00901. The highest BCUT2D eigenvalue weighted by atomic mass is 16.3. The highest BCUT2D eigenvalue weighted by Crippen LogP contribution is 2.64. The van der Waals surface area contributed by atoms with Crippen molar-refractivity contribution in [2.24, 2.45) is 0 Å². The Hall–Kier alpha value is -6.06. The van der Waals surface area contributed by atoms with Gasteiger partial charge in [0.15, 0.2) is 5.58 Å². The number of hydrogen-bond donors (Lipinski definition) is 0. The van der Waals surface area contributed by atoms with Crippen LogP contribution in [0.1, 0.15) is 36.8 Å². The van der Waals surface area contributed by atoms with Crippen LogP contribution in [0.25, 0.3) is 71.7 Å². The smallest absolute Gasteiger partial charge is 0.159 e. The molecule has 0 radical (unpaired) electrons. The quantitative estimate of drug-likeness (QED) is 0.192. The monoisotopic (exact) mass is 640 g/mol. The van der Waals surface area contributed by atoms with E-state index in [-0.39, 0.29) is 5.41 Å². The SMILES string of the molecule is c1ccc(N(c2cccc3c2oc2ccccc23)c2cc3c4c5c2c2ccccc2n5-c2ccccc2-c2cccc(c2-4)C32CCCC2)cc1. The maximum Gasteiger partial charge on any atom is 0.159 e. The summed E-state index contributed by atoms with van der Waals surface area (Å²) in [6.07, 6.45) is 4.84. The third-order valence-electron chi connectivity index (χ3n) is 12.0. The van der Waals surface area contributed by atoms with Gasteiger partial charge in [0, 0.05) is 43.8 Å². The zero-order valence-corrected chi connectivity index (χ0v) is 27.5. The second-order valence-corrected chi connectivity index (χ2v) is 14.4. The van der Waals surface area contributed by atoms with Gasteiger partial charge in [0.05, 0.1) is 28.1 Å². The Morgan fingerprint density at radius 3 is 2.18 bits per heavy atom. The molecule has 7 aromatic carbocycles. The van der Waals surface area contributed by atoms with Crippen molar-refractivity contribution < 1.29 is 4.42 Å². The Balaban J connectivity index is 1.31. The molecule has 0 unspecified atom stereocenters. The molecule has 9 aromatic rings. The van der Waals surface area contributed by atoms with Gasteiger partial charge in [0.2, 0.25) is 0 Å². The Morgan fingerprint density at radius 2 is 1.28 bits per heavy atom. The highest BCUT2D eigenvalue weighted by molar-refractivity contribution is 6.24. The number of aromatic nitrogens is 1. The second-order valence-electron chi connectivity index (χ2n) is 14.4. The average Bonchev–Trinajstić information content (AvgIpc) is 3.93. The van der Waals surface area contributed by atoms with E-state index >= 15 is 0 Å². The highest BCUT2D eigenvalue weighted by Gasteiger charge is 2.49. The predicted octanol–water partition coefficient (Wildman–Crippen LogP) is 13.0. The topological polar surface area (TPSA) is 21.3 Å². The maximum atomic E-state index is 6.78. The molecule has 0 amide bonds. The fourth-order valence-electron chi connectivity index (χ4n) is 10.1. The van der Waals surface area contributed by atoms with Crippen molar-refractivity contribution >= 4 is 60.8 Å². The molecule has 0 bridgehead atoms. The number of anilines is 3. The molecule has 1 spiro atoms. The van der Waals surface area contributed by atoms with Gasteiger partial charge in [-0.05, 0) is 77.6 Å². The van der Waals surface area contributed by atoms with Crippen LogP contribution in [0.2, 0.25) is 0 Å². The van der Waals surface area contributed by atoms with Crippen LogP contribution in [0.3, 0.4) is 0 Å². The van der Waals surface area contributed by atoms with E-state index in [2.05, 4.69) is 155 Å². The summed E-state index contributed by atoms with van der Waals surface area (Å²) in [6.45, 7) is 0. The van der Waals surface area contributed by atoms with Crippen LogP contribution in [-0.4, -0.2) is 4.57 Å². The summed E-state index contributed by atoms with van der Waals surface area (Å²) < 4.78 is 9.37. The van der Waals surface area contributed by atoms with Gasteiger partial charge in [0.25, 0.3) is 0 Å². The standard InChI is InChI=1S/C47H32N2O/c1-2-14-29(15-3-1)48(39-24-13-20-33-31-17-6-9-25-41(31)50-46(33)39)40-28-36-44-42-32(19-12-21-35(42)47(36)26-10-11-27-47)30-16-4-7-22-37(30)49-38-23-8-5-18-34(38)43(40)45(44)49/h1-9,12-25,28H,10-11,26-27H2. The molecule has 3 nitrogen and oxygen atoms in total. The first kappa shape index (κ1) is 26.8. The van der Waals surface area contributed by atoms with E-state index in [1.807, 2.05) is 0 Å². The van der Waals surface area contributed by atoms with E-state index in [0.29, 0.717) is 0 Å². The van der Waals surface area contributed by atoms with E-state index in [1.54, 1.807) is 0 Å². The third-order valence-corrected chi connectivity index (χ3v) is 12.0. The van der Waals surface area contributed by atoms with Crippen LogP contribution in [0.15, 0.2) is 150 Å². The minimum absolute atomic E-state index is 0.00901. The molecule has 12 rings (SSSR count). The van der Waals surface area contributed by atoms with Gasteiger partial charge in [-0.2, -0.15) is 0 Å². The lowest BCUT2D eigenvalue weighted by Crippen LogP contribution is -2.21. The van der Waals surface area contributed by atoms with Crippen LogP contribution in [-0.2, 0) is 5.41 Å². The lowest BCUT2D eigenvalue weighted by atomic mass is 9.76. The van der Waals surface area contributed by atoms with Crippen LogP contribution in [0.5, 0.6) is 0 Å². The van der Waals surface area contributed by atoms with Crippen LogP contribution in [0.4, 0.5) is 17.1 Å². The molecule has 236 valence electrons. The van der Waals surface area contributed by atoms with Gasteiger partial charge in [0.1, 0.15) is 5.58 Å². The Bertz CT molecular complexity index is 2880. The molecule has 50 heavy (non-hydrogen) atoms. The Kier molecular flexibility index (Phi) is 5.13. The third kappa shape index (κ3) is 3.21. The first-order chi connectivity index (χ1) is 24.8. The van der Waals surface area contributed by atoms with Crippen molar-refractivity contribution in [3.63, 3.8) is 0 Å². The lowest BCUT2D eigenvalue weighted by molar-refractivity contribution is 0.550. The minimum Gasteiger partial charge on any atom is -0.454 e. The van der Waals surface area contributed by atoms with E-state index in [9.17, 15) is 0 Å². The molecule has 0 atom stereocenters. The van der Waals surface area contributed by atoms with Crippen molar-refractivity contribution in [2.75, 3.05) is 4.90 Å². The number of para-hydroxylation sites is 5. The number of fused-ring (bicyclic) bond motifs is 11. The number of hydrogen-bond acceptors (Lipinski definition) is 2. The summed E-state index contributed by atoms with van der Waals surface area (Å²) in [7, 11) is 0. The largest absolute Gasteiger partial charge is 0.454 e. The zero-order chi connectivity index (χ0) is 32.6.